The predicted molar refractivity (Wildman–Crippen MR) is 69.9 cm³/mol. The van der Waals surface area contributed by atoms with E-state index < -0.39 is 0 Å². The van der Waals surface area contributed by atoms with Crippen molar-refractivity contribution < 1.29 is 5.11 Å². The third-order valence-electron chi connectivity index (χ3n) is 2.80. The topological polar surface area (TPSA) is 56.0 Å². The molecular weight excluding hydrogens is 212 g/mol. The lowest BCUT2D eigenvalue weighted by atomic mass is 10.1. The van der Waals surface area contributed by atoms with Crippen LogP contribution >= 0.6 is 0 Å². The first-order valence-electron chi connectivity index (χ1n) is 6.03. The molecule has 1 unspecified atom stereocenters. The Hall–Kier alpha value is -1.53. The average Bonchev–Trinajstić information content (AvgIpc) is 2.35. The van der Waals surface area contributed by atoms with Crippen LogP contribution in [0.15, 0.2) is 18.2 Å². The largest absolute Gasteiger partial charge is 0.396 e. The summed E-state index contributed by atoms with van der Waals surface area (Å²) in [5.41, 5.74) is 2.69. The molecule has 0 aliphatic rings. The van der Waals surface area contributed by atoms with Crippen molar-refractivity contribution in [3.63, 3.8) is 0 Å². The maximum absolute atomic E-state index is 9.00. The van der Waals surface area contributed by atoms with Crippen LogP contribution in [0.5, 0.6) is 0 Å². The zero-order valence-electron chi connectivity index (χ0n) is 10.5. The lowest BCUT2D eigenvalue weighted by molar-refractivity contribution is 0.229. The molecule has 1 aromatic carbocycles. The van der Waals surface area contributed by atoms with Gasteiger partial charge < -0.3 is 10.4 Å². The van der Waals surface area contributed by atoms with Crippen molar-refractivity contribution in [1.82, 2.24) is 0 Å². The Morgan fingerprint density at radius 1 is 1.47 bits per heavy atom. The van der Waals surface area contributed by atoms with E-state index in [-0.39, 0.29) is 6.61 Å². The molecule has 0 spiro atoms. The number of aliphatic hydroxyl groups is 1. The van der Waals surface area contributed by atoms with Gasteiger partial charge in [0.05, 0.1) is 11.3 Å². The monoisotopic (exact) mass is 232 g/mol. The van der Waals surface area contributed by atoms with Crippen molar-refractivity contribution in [3.8, 4) is 6.07 Å². The predicted octanol–water partition coefficient (Wildman–Crippen LogP) is 2.69. The summed E-state index contributed by atoms with van der Waals surface area (Å²) in [6, 6.07) is 8.03. The van der Waals surface area contributed by atoms with Crippen molar-refractivity contribution in [3.05, 3.63) is 29.3 Å². The molecule has 0 aromatic heterocycles. The first kappa shape index (κ1) is 13.5. The molecule has 3 heteroatoms. The van der Waals surface area contributed by atoms with Gasteiger partial charge in [-0.3, -0.25) is 0 Å². The molecule has 1 rings (SSSR count). The Labute approximate surface area is 103 Å². The highest BCUT2D eigenvalue weighted by Gasteiger charge is 2.02. The van der Waals surface area contributed by atoms with Crippen LogP contribution in [0, 0.1) is 24.2 Å². The third-order valence-corrected chi connectivity index (χ3v) is 2.80. The lowest BCUT2D eigenvalue weighted by Crippen LogP contribution is -2.07. The van der Waals surface area contributed by atoms with Gasteiger partial charge in [0, 0.05) is 13.2 Å². The van der Waals surface area contributed by atoms with Gasteiger partial charge in [-0.25, -0.2) is 0 Å². The summed E-state index contributed by atoms with van der Waals surface area (Å²) in [5, 5.41) is 21.2. The minimum atomic E-state index is 0.244. The van der Waals surface area contributed by atoms with Gasteiger partial charge in [0.2, 0.25) is 0 Å². The average molecular weight is 232 g/mol. The van der Waals surface area contributed by atoms with Crippen LogP contribution in [-0.4, -0.2) is 18.3 Å². The second kappa shape index (κ2) is 6.93. The molecule has 0 saturated heterocycles. The highest BCUT2D eigenvalue weighted by atomic mass is 16.3. The SMILES string of the molecule is Cc1ccc(NCCCC(C)CO)c(C#N)c1. The van der Waals surface area contributed by atoms with Crippen LogP contribution in [0.3, 0.4) is 0 Å². The lowest BCUT2D eigenvalue weighted by Gasteiger charge is -2.10. The molecule has 0 bridgehead atoms. The fourth-order valence-corrected chi connectivity index (χ4v) is 1.67. The van der Waals surface area contributed by atoms with E-state index >= 15 is 0 Å². The number of nitriles is 1. The van der Waals surface area contributed by atoms with Gasteiger partial charge in [-0.1, -0.05) is 13.0 Å². The minimum absolute atomic E-state index is 0.244. The summed E-state index contributed by atoms with van der Waals surface area (Å²) in [7, 11) is 0. The smallest absolute Gasteiger partial charge is 0.101 e. The van der Waals surface area contributed by atoms with E-state index in [1.54, 1.807) is 0 Å². The molecule has 17 heavy (non-hydrogen) atoms. The maximum Gasteiger partial charge on any atom is 0.101 e. The van der Waals surface area contributed by atoms with E-state index in [4.69, 9.17) is 10.4 Å². The first-order chi connectivity index (χ1) is 8.17. The Balaban J connectivity index is 2.44. The van der Waals surface area contributed by atoms with Crippen LogP contribution in [0.2, 0.25) is 0 Å². The standard InChI is InChI=1S/C14H20N2O/c1-11-5-6-14(13(8-11)9-15)16-7-3-4-12(2)10-17/h5-6,8,12,16-17H,3-4,7,10H2,1-2H3. The maximum atomic E-state index is 9.00. The molecule has 0 radical (unpaired) electrons. The second-order valence-corrected chi connectivity index (χ2v) is 4.52. The number of rotatable bonds is 6. The molecule has 3 nitrogen and oxygen atoms in total. The van der Waals surface area contributed by atoms with Crippen LogP contribution in [-0.2, 0) is 0 Å². The van der Waals surface area contributed by atoms with Gasteiger partial charge >= 0.3 is 0 Å². The molecular formula is C14H20N2O. The highest BCUT2D eigenvalue weighted by Crippen LogP contribution is 2.16. The Kier molecular flexibility index (Phi) is 5.51. The van der Waals surface area contributed by atoms with Crippen LogP contribution in [0.4, 0.5) is 5.69 Å². The van der Waals surface area contributed by atoms with Crippen molar-refractivity contribution in [2.24, 2.45) is 5.92 Å². The first-order valence-corrected chi connectivity index (χ1v) is 6.03. The molecule has 1 atom stereocenters. The Morgan fingerprint density at radius 2 is 2.24 bits per heavy atom. The molecule has 0 fully saturated rings. The van der Waals surface area contributed by atoms with E-state index in [1.807, 2.05) is 32.0 Å². The molecule has 0 saturated carbocycles. The van der Waals surface area contributed by atoms with Crippen molar-refractivity contribution in [2.45, 2.75) is 26.7 Å². The van der Waals surface area contributed by atoms with Crippen molar-refractivity contribution in [2.75, 3.05) is 18.5 Å². The van der Waals surface area contributed by atoms with Gasteiger partial charge in [-0.2, -0.15) is 5.26 Å². The quantitative estimate of drug-likeness (QED) is 0.741. The van der Waals surface area contributed by atoms with Crippen molar-refractivity contribution in [1.29, 1.82) is 5.26 Å². The normalized spacial score (nSPS) is 11.9. The van der Waals surface area contributed by atoms with E-state index in [9.17, 15) is 0 Å². The summed E-state index contributed by atoms with van der Waals surface area (Å²) in [6.07, 6.45) is 2.00. The number of hydrogen-bond donors (Lipinski definition) is 2. The summed E-state index contributed by atoms with van der Waals surface area (Å²) in [4.78, 5) is 0. The molecule has 2 N–H and O–H groups in total. The van der Waals surface area contributed by atoms with Gasteiger partial charge in [0.25, 0.3) is 0 Å². The van der Waals surface area contributed by atoms with Crippen LogP contribution in [0.25, 0.3) is 0 Å². The molecule has 0 amide bonds. The number of nitrogens with zero attached hydrogens (tertiary/aromatic N) is 1. The number of benzene rings is 1. The van der Waals surface area contributed by atoms with Gasteiger partial charge in [0.1, 0.15) is 6.07 Å². The van der Waals surface area contributed by atoms with E-state index in [2.05, 4.69) is 11.4 Å². The Bertz CT molecular complexity index is 396. The van der Waals surface area contributed by atoms with Gasteiger partial charge in [-0.05, 0) is 43.4 Å². The number of nitrogens with one attached hydrogen (secondary N) is 1. The highest BCUT2D eigenvalue weighted by molar-refractivity contribution is 5.58. The second-order valence-electron chi connectivity index (χ2n) is 4.52. The molecule has 0 aliphatic carbocycles. The fraction of sp³-hybridized carbons (Fsp3) is 0.500. The fourth-order valence-electron chi connectivity index (χ4n) is 1.67. The van der Waals surface area contributed by atoms with Crippen LogP contribution in [0.1, 0.15) is 30.9 Å². The molecule has 92 valence electrons. The van der Waals surface area contributed by atoms with E-state index in [1.165, 1.54) is 0 Å². The molecule has 0 aliphatic heterocycles. The summed E-state index contributed by atoms with van der Waals surface area (Å²) in [6.45, 7) is 5.09. The number of anilines is 1. The van der Waals surface area contributed by atoms with Gasteiger partial charge in [-0.15, -0.1) is 0 Å². The van der Waals surface area contributed by atoms with Gasteiger partial charge in [0.15, 0.2) is 0 Å². The Morgan fingerprint density at radius 3 is 2.88 bits per heavy atom. The summed E-state index contributed by atoms with van der Waals surface area (Å²) < 4.78 is 0. The summed E-state index contributed by atoms with van der Waals surface area (Å²) in [5.74, 6) is 0.352. The summed E-state index contributed by atoms with van der Waals surface area (Å²) >= 11 is 0. The van der Waals surface area contributed by atoms with Crippen LogP contribution < -0.4 is 5.32 Å². The number of aryl methyl sites for hydroxylation is 1. The van der Waals surface area contributed by atoms with E-state index in [0.29, 0.717) is 11.5 Å². The zero-order valence-corrected chi connectivity index (χ0v) is 10.5. The third kappa shape index (κ3) is 4.46. The zero-order chi connectivity index (χ0) is 12.7. The van der Waals surface area contributed by atoms with E-state index in [0.717, 1.165) is 30.6 Å². The molecule has 0 heterocycles. The van der Waals surface area contributed by atoms with Crippen molar-refractivity contribution >= 4 is 5.69 Å². The number of hydrogen-bond acceptors (Lipinski definition) is 3. The minimum Gasteiger partial charge on any atom is -0.396 e. The molecule has 1 aromatic rings. The number of aliphatic hydroxyl groups excluding tert-OH is 1.